The molecule has 0 spiro atoms. The lowest BCUT2D eigenvalue weighted by Gasteiger charge is -2.14. The molecule has 84 valence electrons. The topological polar surface area (TPSA) is 62.4 Å². The van der Waals surface area contributed by atoms with Crippen LogP contribution < -0.4 is 16.6 Å². The van der Waals surface area contributed by atoms with Crippen LogP contribution in [-0.4, -0.2) is 30.1 Å². The Bertz CT molecular complexity index is 170. The smallest absolute Gasteiger partial charge is 0.206 e. The Balaban J connectivity index is 3.99. The molecule has 0 heterocycles. The fourth-order valence-electron chi connectivity index (χ4n) is 0.963. The number of rotatable bonds is 5. The van der Waals surface area contributed by atoms with E-state index in [2.05, 4.69) is 42.8 Å². The number of aliphatic imine (C=N–C) groups is 1. The van der Waals surface area contributed by atoms with E-state index in [9.17, 15) is 0 Å². The van der Waals surface area contributed by atoms with E-state index in [4.69, 9.17) is 5.84 Å². The van der Waals surface area contributed by atoms with Gasteiger partial charge in [-0.25, -0.2) is 10.8 Å². The van der Waals surface area contributed by atoms with Gasteiger partial charge in [0.05, 0.1) is 6.04 Å². The molecule has 0 aliphatic rings. The third-order valence-corrected chi connectivity index (χ3v) is 2.30. The summed E-state index contributed by atoms with van der Waals surface area (Å²) in [5.74, 6) is 7.15. The van der Waals surface area contributed by atoms with Crippen LogP contribution in [0.15, 0.2) is 4.99 Å². The highest BCUT2D eigenvalue weighted by molar-refractivity contribution is 7.98. The fraction of sp³-hybridized carbons (Fsp3) is 0.889. The van der Waals surface area contributed by atoms with Crippen LogP contribution in [-0.2, 0) is 0 Å². The predicted octanol–water partition coefficient (Wildman–Crippen LogP) is 0.945. The fourth-order valence-corrected chi connectivity index (χ4v) is 1.54. The maximum atomic E-state index is 5.35. The molecule has 0 aromatic carbocycles. The van der Waals surface area contributed by atoms with Crippen LogP contribution in [0.1, 0.15) is 27.2 Å². The van der Waals surface area contributed by atoms with E-state index < -0.39 is 0 Å². The zero-order chi connectivity index (χ0) is 11.0. The van der Waals surface area contributed by atoms with Crippen molar-refractivity contribution in [3.63, 3.8) is 0 Å². The second kappa shape index (κ2) is 7.94. The SMILES string of the molecule is CSCCC(C)N=C(NN)NC(C)C. The molecule has 0 aliphatic heterocycles. The van der Waals surface area contributed by atoms with Gasteiger partial charge in [0.25, 0.3) is 0 Å². The maximum Gasteiger partial charge on any atom is 0.206 e. The summed E-state index contributed by atoms with van der Waals surface area (Å²) in [6.45, 7) is 6.20. The van der Waals surface area contributed by atoms with Crippen molar-refractivity contribution in [1.82, 2.24) is 10.7 Å². The van der Waals surface area contributed by atoms with Crippen molar-refractivity contribution in [1.29, 1.82) is 0 Å². The maximum absolute atomic E-state index is 5.35. The lowest BCUT2D eigenvalue weighted by molar-refractivity contribution is 0.668. The molecule has 1 atom stereocenters. The first-order chi connectivity index (χ1) is 6.60. The highest BCUT2D eigenvalue weighted by atomic mass is 32.2. The molecular weight excluding hydrogens is 196 g/mol. The number of nitrogens with zero attached hydrogens (tertiary/aromatic N) is 1. The summed E-state index contributed by atoms with van der Waals surface area (Å²) in [6, 6.07) is 0.650. The molecule has 4 N–H and O–H groups in total. The minimum Gasteiger partial charge on any atom is -0.353 e. The summed E-state index contributed by atoms with van der Waals surface area (Å²) in [4.78, 5) is 4.43. The van der Waals surface area contributed by atoms with Crippen LogP contribution >= 0.6 is 11.8 Å². The van der Waals surface area contributed by atoms with Gasteiger partial charge in [-0.3, -0.25) is 5.43 Å². The first kappa shape index (κ1) is 13.6. The summed E-state index contributed by atoms with van der Waals surface area (Å²) in [5, 5.41) is 3.14. The molecule has 0 fully saturated rings. The third-order valence-electron chi connectivity index (χ3n) is 1.65. The van der Waals surface area contributed by atoms with Crippen LogP contribution in [0.5, 0.6) is 0 Å². The monoisotopic (exact) mass is 218 g/mol. The van der Waals surface area contributed by atoms with Crippen molar-refractivity contribution < 1.29 is 0 Å². The van der Waals surface area contributed by atoms with Crippen molar-refractivity contribution in [3.8, 4) is 0 Å². The van der Waals surface area contributed by atoms with Crippen LogP contribution in [0.25, 0.3) is 0 Å². The predicted molar refractivity (Wildman–Crippen MR) is 65.5 cm³/mol. The minimum absolute atomic E-state index is 0.305. The van der Waals surface area contributed by atoms with Gasteiger partial charge < -0.3 is 5.32 Å². The number of nitrogens with one attached hydrogen (secondary N) is 2. The van der Waals surface area contributed by atoms with Gasteiger partial charge in [-0.2, -0.15) is 11.8 Å². The Morgan fingerprint density at radius 2 is 2.07 bits per heavy atom. The number of thioether (sulfide) groups is 1. The largest absolute Gasteiger partial charge is 0.353 e. The first-order valence-electron chi connectivity index (χ1n) is 4.90. The van der Waals surface area contributed by atoms with Gasteiger partial charge in [0.1, 0.15) is 0 Å². The Kier molecular flexibility index (Phi) is 7.70. The lowest BCUT2D eigenvalue weighted by Crippen LogP contribution is -2.45. The van der Waals surface area contributed by atoms with Crippen molar-refractivity contribution in [3.05, 3.63) is 0 Å². The number of guanidine groups is 1. The number of hydrogen-bond acceptors (Lipinski definition) is 3. The first-order valence-corrected chi connectivity index (χ1v) is 6.29. The van der Waals surface area contributed by atoms with E-state index in [-0.39, 0.29) is 0 Å². The lowest BCUT2D eigenvalue weighted by atomic mass is 10.3. The molecule has 1 unspecified atom stereocenters. The van der Waals surface area contributed by atoms with Crippen molar-refractivity contribution in [2.75, 3.05) is 12.0 Å². The molecular formula is C9H22N4S. The summed E-state index contributed by atoms with van der Waals surface area (Å²) in [5.41, 5.74) is 2.57. The van der Waals surface area contributed by atoms with Crippen LogP contribution in [0.3, 0.4) is 0 Å². The normalized spacial score (nSPS) is 14.3. The van der Waals surface area contributed by atoms with E-state index in [0.29, 0.717) is 18.0 Å². The zero-order valence-corrected chi connectivity index (χ0v) is 10.3. The molecule has 0 saturated carbocycles. The molecule has 0 radical (unpaired) electrons. The molecule has 4 nitrogen and oxygen atoms in total. The van der Waals surface area contributed by atoms with Crippen molar-refractivity contribution in [2.45, 2.75) is 39.3 Å². The van der Waals surface area contributed by atoms with Gasteiger partial charge >= 0.3 is 0 Å². The van der Waals surface area contributed by atoms with E-state index in [1.54, 1.807) is 0 Å². The third kappa shape index (κ3) is 7.03. The number of hydrogen-bond donors (Lipinski definition) is 3. The zero-order valence-electron chi connectivity index (χ0n) is 9.50. The summed E-state index contributed by atoms with van der Waals surface area (Å²) in [7, 11) is 0. The Morgan fingerprint density at radius 3 is 2.50 bits per heavy atom. The molecule has 0 rings (SSSR count). The number of nitrogens with two attached hydrogens (primary N) is 1. The molecule has 0 aromatic rings. The summed E-state index contributed by atoms with van der Waals surface area (Å²) >= 11 is 1.84. The molecule has 0 aliphatic carbocycles. The van der Waals surface area contributed by atoms with Crippen molar-refractivity contribution >= 4 is 17.7 Å². The van der Waals surface area contributed by atoms with Gasteiger partial charge in [0, 0.05) is 6.04 Å². The standard InChI is InChI=1S/C9H22N4S/c1-7(2)11-9(13-10)12-8(3)5-6-14-4/h7-8H,5-6,10H2,1-4H3,(H2,11,12,13). The van der Waals surface area contributed by atoms with E-state index >= 15 is 0 Å². The van der Waals surface area contributed by atoms with E-state index in [0.717, 1.165) is 12.2 Å². The van der Waals surface area contributed by atoms with Gasteiger partial charge in [-0.15, -0.1) is 0 Å². The highest BCUT2D eigenvalue weighted by Crippen LogP contribution is 2.02. The van der Waals surface area contributed by atoms with Gasteiger partial charge in [0.2, 0.25) is 5.96 Å². The molecule has 0 amide bonds. The average Bonchev–Trinajstić information content (AvgIpc) is 2.12. The van der Waals surface area contributed by atoms with Gasteiger partial charge in [0.15, 0.2) is 0 Å². The summed E-state index contributed by atoms with van der Waals surface area (Å²) in [6.07, 6.45) is 3.18. The minimum atomic E-state index is 0.305. The highest BCUT2D eigenvalue weighted by Gasteiger charge is 2.02. The van der Waals surface area contributed by atoms with E-state index in [1.807, 2.05) is 11.8 Å². The quantitative estimate of drug-likeness (QED) is 0.278. The Labute approximate surface area is 91.1 Å². The molecule has 0 aromatic heterocycles. The second-order valence-corrected chi connectivity index (χ2v) is 4.54. The van der Waals surface area contributed by atoms with Gasteiger partial charge in [-0.1, -0.05) is 0 Å². The number of hydrazine groups is 1. The molecule has 0 bridgehead atoms. The van der Waals surface area contributed by atoms with Crippen LogP contribution in [0.2, 0.25) is 0 Å². The Morgan fingerprint density at radius 1 is 1.43 bits per heavy atom. The van der Waals surface area contributed by atoms with Crippen molar-refractivity contribution in [2.24, 2.45) is 10.8 Å². The van der Waals surface area contributed by atoms with Gasteiger partial charge in [-0.05, 0) is 39.2 Å². The Hall–Kier alpha value is -0.420. The summed E-state index contributed by atoms with van der Waals surface area (Å²) < 4.78 is 0. The average molecular weight is 218 g/mol. The molecule has 5 heteroatoms. The molecule has 0 saturated heterocycles. The molecule has 14 heavy (non-hydrogen) atoms. The van der Waals surface area contributed by atoms with E-state index in [1.165, 1.54) is 0 Å². The second-order valence-electron chi connectivity index (χ2n) is 3.55. The van der Waals surface area contributed by atoms with Crippen LogP contribution in [0.4, 0.5) is 0 Å². The van der Waals surface area contributed by atoms with Crippen LogP contribution in [0, 0.1) is 0 Å².